The normalized spacial score (nSPS) is 17.6. The number of carbonyl (C=O) groups excluding carboxylic acids is 2. The average molecular weight is 383 g/mol. The first-order valence-corrected chi connectivity index (χ1v) is 9.54. The summed E-state index contributed by atoms with van der Waals surface area (Å²) in [5, 5.41) is 3.04. The smallest absolute Gasteiger partial charge is 0.322 e. The predicted octanol–water partition coefficient (Wildman–Crippen LogP) is 2.14. The molecule has 0 atom stereocenters. The van der Waals surface area contributed by atoms with Gasteiger partial charge in [0.05, 0.1) is 25.2 Å². The number of ether oxygens (including phenoxy) is 2. The van der Waals surface area contributed by atoms with Crippen LogP contribution in [0, 0.1) is 0 Å². The van der Waals surface area contributed by atoms with Crippen LogP contribution in [0.3, 0.4) is 0 Å². The largest absolute Gasteiger partial charge is 0.493 e. The topological polar surface area (TPSA) is 84.3 Å². The van der Waals surface area contributed by atoms with E-state index in [-0.39, 0.29) is 11.9 Å². The highest BCUT2D eigenvalue weighted by Crippen LogP contribution is 2.44. The average Bonchev–Trinajstić information content (AvgIpc) is 3.48. The number of furan rings is 1. The molecular formula is C20H21N3O5. The monoisotopic (exact) mass is 383 g/mol. The first-order chi connectivity index (χ1) is 13.7. The summed E-state index contributed by atoms with van der Waals surface area (Å²) in [4.78, 5) is 28.7. The van der Waals surface area contributed by atoms with E-state index in [4.69, 9.17) is 13.9 Å². The fourth-order valence-electron chi connectivity index (χ4n) is 3.97. The van der Waals surface area contributed by atoms with Gasteiger partial charge in [-0.1, -0.05) is 0 Å². The van der Waals surface area contributed by atoms with E-state index in [2.05, 4.69) is 5.32 Å². The molecule has 146 valence electrons. The summed E-state index contributed by atoms with van der Waals surface area (Å²) < 4.78 is 16.7. The summed E-state index contributed by atoms with van der Waals surface area (Å²) in [6.45, 7) is 3.11. The number of urea groups is 1. The van der Waals surface area contributed by atoms with Crippen molar-refractivity contribution in [2.24, 2.45) is 0 Å². The molecular weight excluding hydrogens is 362 g/mol. The molecule has 4 heterocycles. The fourth-order valence-corrected chi connectivity index (χ4v) is 3.97. The van der Waals surface area contributed by atoms with Crippen molar-refractivity contribution in [2.75, 3.05) is 44.7 Å². The molecule has 0 spiro atoms. The van der Waals surface area contributed by atoms with Crippen LogP contribution in [-0.4, -0.2) is 61.1 Å². The molecule has 1 fully saturated rings. The lowest BCUT2D eigenvalue weighted by Crippen LogP contribution is -2.51. The predicted molar refractivity (Wildman–Crippen MR) is 100 cm³/mol. The fraction of sp³-hybridized carbons (Fsp3) is 0.400. The Labute approximate surface area is 162 Å². The molecule has 0 bridgehead atoms. The highest BCUT2D eigenvalue weighted by Gasteiger charge is 2.30. The minimum Gasteiger partial charge on any atom is -0.493 e. The molecule has 1 N–H and O–H groups in total. The molecule has 0 aliphatic carbocycles. The Kier molecular flexibility index (Phi) is 4.11. The van der Waals surface area contributed by atoms with Crippen LogP contribution in [0.1, 0.15) is 21.7 Å². The number of anilines is 1. The molecule has 3 aliphatic heterocycles. The molecule has 0 radical (unpaired) electrons. The van der Waals surface area contributed by atoms with Crippen LogP contribution in [0.4, 0.5) is 10.5 Å². The van der Waals surface area contributed by atoms with Crippen molar-refractivity contribution in [1.82, 2.24) is 9.80 Å². The van der Waals surface area contributed by atoms with E-state index >= 15 is 0 Å². The first kappa shape index (κ1) is 17.0. The van der Waals surface area contributed by atoms with Crippen LogP contribution in [0.15, 0.2) is 28.9 Å². The number of nitrogens with one attached hydrogen (secondary N) is 1. The SMILES string of the molecule is O=C(Nc1c2c(cc3c1OCC3)OCC2)N1CCN(C(=O)c2ccco2)CC1. The highest BCUT2D eigenvalue weighted by atomic mass is 16.5. The Morgan fingerprint density at radius 3 is 2.57 bits per heavy atom. The summed E-state index contributed by atoms with van der Waals surface area (Å²) >= 11 is 0. The van der Waals surface area contributed by atoms with Gasteiger partial charge in [0.1, 0.15) is 11.5 Å². The number of rotatable bonds is 2. The minimum absolute atomic E-state index is 0.144. The van der Waals surface area contributed by atoms with Crippen LogP contribution in [0.25, 0.3) is 0 Å². The molecule has 8 heteroatoms. The molecule has 1 saturated heterocycles. The zero-order valence-corrected chi connectivity index (χ0v) is 15.4. The van der Waals surface area contributed by atoms with Gasteiger partial charge in [0.15, 0.2) is 5.76 Å². The van der Waals surface area contributed by atoms with E-state index in [0.29, 0.717) is 45.2 Å². The van der Waals surface area contributed by atoms with Gasteiger partial charge >= 0.3 is 6.03 Å². The Hall–Kier alpha value is -3.16. The van der Waals surface area contributed by atoms with E-state index in [9.17, 15) is 9.59 Å². The maximum Gasteiger partial charge on any atom is 0.322 e. The summed E-state index contributed by atoms with van der Waals surface area (Å²) in [6.07, 6.45) is 3.06. The lowest BCUT2D eigenvalue weighted by atomic mass is 10.0. The number of nitrogens with zero attached hydrogens (tertiary/aromatic N) is 2. The van der Waals surface area contributed by atoms with E-state index in [1.807, 2.05) is 6.07 Å². The van der Waals surface area contributed by atoms with Gasteiger partial charge in [-0.15, -0.1) is 0 Å². The summed E-state index contributed by atoms with van der Waals surface area (Å²) in [7, 11) is 0. The molecule has 1 aromatic carbocycles. The van der Waals surface area contributed by atoms with E-state index in [0.717, 1.165) is 41.2 Å². The molecule has 2 aromatic rings. The Morgan fingerprint density at radius 2 is 1.79 bits per heavy atom. The standard InChI is InChI=1S/C20H21N3O5/c24-19(15-2-1-9-26-15)22-5-7-23(8-6-22)20(25)21-17-14-4-11-27-16(14)12-13-3-10-28-18(13)17/h1-2,9,12H,3-8,10-11H2,(H,21,25). The van der Waals surface area contributed by atoms with Gasteiger partial charge in [-0.2, -0.15) is 0 Å². The van der Waals surface area contributed by atoms with E-state index in [1.165, 1.54) is 6.26 Å². The molecule has 3 aliphatic rings. The second-order valence-electron chi connectivity index (χ2n) is 7.10. The Balaban J connectivity index is 1.27. The minimum atomic E-state index is -0.178. The number of fused-ring (bicyclic) bond motifs is 2. The lowest BCUT2D eigenvalue weighted by Gasteiger charge is -2.34. The van der Waals surface area contributed by atoms with Crippen molar-refractivity contribution >= 4 is 17.6 Å². The summed E-state index contributed by atoms with van der Waals surface area (Å²) in [5.74, 6) is 1.79. The molecule has 5 rings (SSSR count). The number of piperazine rings is 1. The molecule has 3 amide bonds. The van der Waals surface area contributed by atoms with Crippen LogP contribution < -0.4 is 14.8 Å². The zero-order valence-electron chi connectivity index (χ0n) is 15.4. The van der Waals surface area contributed by atoms with Gasteiger partial charge < -0.3 is 29.0 Å². The Morgan fingerprint density at radius 1 is 1.00 bits per heavy atom. The van der Waals surface area contributed by atoms with E-state index in [1.54, 1.807) is 21.9 Å². The highest BCUT2D eigenvalue weighted by molar-refractivity contribution is 5.94. The molecule has 0 saturated carbocycles. The van der Waals surface area contributed by atoms with Crippen LogP contribution in [0.2, 0.25) is 0 Å². The third-order valence-corrected chi connectivity index (χ3v) is 5.47. The van der Waals surface area contributed by atoms with Gasteiger partial charge in [0.2, 0.25) is 0 Å². The van der Waals surface area contributed by atoms with Crippen molar-refractivity contribution in [3.63, 3.8) is 0 Å². The molecule has 8 nitrogen and oxygen atoms in total. The lowest BCUT2D eigenvalue weighted by molar-refractivity contribution is 0.0640. The van der Waals surface area contributed by atoms with Crippen molar-refractivity contribution < 1.29 is 23.5 Å². The van der Waals surface area contributed by atoms with Crippen molar-refractivity contribution in [3.05, 3.63) is 41.3 Å². The molecule has 0 unspecified atom stereocenters. The maximum absolute atomic E-state index is 12.9. The van der Waals surface area contributed by atoms with Gasteiger partial charge in [-0.25, -0.2) is 4.79 Å². The third kappa shape index (κ3) is 2.85. The third-order valence-electron chi connectivity index (χ3n) is 5.47. The van der Waals surface area contributed by atoms with Crippen molar-refractivity contribution in [2.45, 2.75) is 12.8 Å². The van der Waals surface area contributed by atoms with Gasteiger partial charge in [0, 0.05) is 50.1 Å². The quantitative estimate of drug-likeness (QED) is 0.859. The maximum atomic E-state index is 12.9. The van der Waals surface area contributed by atoms with Crippen LogP contribution >= 0.6 is 0 Å². The molecule has 28 heavy (non-hydrogen) atoms. The van der Waals surface area contributed by atoms with Crippen LogP contribution in [-0.2, 0) is 12.8 Å². The number of hydrogen-bond donors (Lipinski definition) is 1. The number of carbonyl (C=O) groups is 2. The van der Waals surface area contributed by atoms with Crippen molar-refractivity contribution in [1.29, 1.82) is 0 Å². The second-order valence-corrected chi connectivity index (χ2v) is 7.10. The van der Waals surface area contributed by atoms with Crippen LogP contribution in [0.5, 0.6) is 11.5 Å². The second kappa shape index (κ2) is 6.78. The summed E-state index contributed by atoms with van der Waals surface area (Å²) in [6, 6.07) is 5.20. The first-order valence-electron chi connectivity index (χ1n) is 9.54. The molecule has 1 aromatic heterocycles. The summed E-state index contributed by atoms with van der Waals surface area (Å²) in [5.41, 5.74) is 2.81. The van der Waals surface area contributed by atoms with Crippen molar-refractivity contribution in [3.8, 4) is 11.5 Å². The van der Waals surface area contributed by atoms with Gasteiger partial charge in [-0.3, -0.25) is 4.79 Å². The van der Waals surface area contributed by atoms with Gasteiger partial charge in [-0.05, 0) is 18.2 Å². The van der Waals surface area contributed by atoms with Gasteiger partial charge in [0.25, 0.3) is 5.91 Å². The number of benzene rings is 1. The van der Waals surface area contributed by atoms with E-state index < -0.39 is 0 Å². The number of amides is 3. The Bertz CT molecular complexity index is 884. The number of hydrogen-bond acceptors (Lipinski definition) is 5. The zero-order chi connectivity index (χ0) is 19.1.